The van der Waals surface area contributed by atoms with Gasteiger partial charge >= 0.3 is 0 Å². The maximum Gasteiger partial charge on any atom is 0.119 e. The van der Waals surface area contributed by atoms with Crippen LogP contribution < -0.4 is 14.2 Å². The summed E-state index contributed by atoms with van der Waals surface area (Å²) < 4.78 is 58.8. The zero-order chi connectivity index (χ0) is 47.4. The van der Waals surface area contributed by atoms with Crippen LogP contribution in [0.15, 0.2) is 72.8 Å². The molecule has 0 radical (unpaired) electrons. The van der Waals surface area contributed by atoms with Gasteiger partial charge in [-0.25, -0.2) is 0 Å². The molecule has 64 heavy (non-hydrogen) atoms. The number of ether oxygens (including phenoxy) is 11. The minimum Gasteiger partial charge on any atom is -0.491 e. The maximum atomic E-state index is 8.52. The van der Waals surface area contributed by atoms with Gasteiger partial charge in [0.05, 0.1) is 112 Å². The van der Waals surface area contributed by atoms with Gasteiger partial charge in [0.25, 0.3) is 0 Å². The predicted octanol–water partition coefficient (Wildman–Crippen LogP) is 7.84. The molecule has 0 fully saturated rings. The largest absolute Gasteiger partial charge is 0.491 e. The molecule has 13 nitrogen and oxygen atoms in total. The Morgan fingerprint density at radius 1 is 0.297 bits per heavy atom. The number of aliphatic hydroxyl groups excluding tert-OH is 2. The first-order valence-electron chi connectivity index (χ1n) is 22.6. The second kappa shape index (κ2) is 35.9. The quantitative estimate of drug-likeness (QED) is 0.0607. The fraction of sp³-hybridized carbons (Fsp3) is 0.647. The van der Waals surface area contributed by atoms with Crippen molar-refractivity contribution in [1.82, 2.24) is 0 Å². The average molecular weight is 905 g/mol. The predicted molar refractivity (Wildman–Crippen MR) is 254 cm³/mol. The summed E-state index contributed by atoms with van der Waals surface area (Å²) in [7, 11) is 1.65. The number of hydrogen-bond acceptors (Lipinski definition) is 13. The number of benzene rings is 3. The summed E-state index contributed by atoms with van der Waals surface area (Å²) in [4.78, 5) is 0. The van der Waals surface area contributed by atoms with Crippen LogP contribution in [-0.4, -0.2) is 149 Å². The van der Waals surface area contributed by atoms with E-state index in [0.717, 1.165) is 17.2 Å². The molecular weight excluding hydrogens is 821 g/mol. The van der Waals surface area contributed by atoms with E-state index in [2.05, 4.69) is 98.7 Å². The van der Waals surface area contributed by atoms with Gasteiger partial charge in [0.2, 0.25) is 0 Å². The van der Waals surface area contributed by atoms with Crippen LogP contribution in [-0.2, 0) is 54.1 Å². The van der Waals surface area contributed by atoms with Crippen molar-refractivity contribution in [2.24, 2.45) is 0 Å². The molecule has 3 aromatic carbocycles. The molecule has 13 heteroatoms. The van der Waals surface area contributed by atoms with Crippen molar-refractivity contribution in [3.63, 3.8) is 0 Å². The Bertz CT molecular complexity index is 1480. The molecule has 0 aliphatic rings. The van der Waals surface area contributed by atoms with E-state index in [1.165, 1.54) is 16.7 Å². The van der Waals surface area contributed by atoms with Gasteiger partial charge in [0.1, 0.15) is 37.1 Å². The maximum absolute atomic E-state index is 8.52. The lowest BCUT2D eigenvalue weighted by Gasteiger charge is -2.19. The molecule has 0 aliphatic carbocycles. The van der Waals surface area contributed by atoms with Gasteiger partial charge < -0.3 is 62.3 Å². The van der Waals surface area contributed by atoms with Crippen LogP contribution in [0.1, 0.15) is 79.0 Å². The van der Waals surface area contributed by atoms with Gasteiger partial charge in [-0.15, -0.1) is 0 Å². The third-order valence-corrected chi connectivity index (χ3v) is 9.04. The van der Waals surface area contributed by atoms with Crippen molar-refractivity contribution in [3.8, 4) is 17.2 Å². The van der Waals surface area contributed by atoms with E-state index >= 15 is 0 Å². The van der Waals surface area contributed by atoms with Crippen molar-refractivity contribution >= 4 is 0 Å². The molecule has 2 N–H and O–H groups in total. The standard InChI is InChI=1S/C19H32O5.C18H30O5.C14H22O3/c1-19(2,3)17-5-7-18(8-6-17)24-16-15-23-14-13-22-12-11-21-10-9-20-4;1-18(2,3)16-4-6-17(7-5-16)23-15-14-22-13-12-21-11-10-20-9-8-19;1-14(2,3)12-4-6-13(7-5-12)17-11-10-16-9-8-15/h5-8H,9-16H2,1-4H3;4-7,19H,8-15H2,1-3H3;4-7,15H,8-11H2,1-3H3. The number of methoxy groups -OCH3 is 1. The summed E-state index contributed by atoms with van der Waals surface area (Å²) in [5, 5.41) is 17.0. The van der Waals surface area contributed by atoms with Crippen LogP contribution in [0.3, 0.4) is 0 Å². The Morgan fingerprint density at radius 2 is 0.500 bits per heavy atom. The van der Waals surface area contributed by atoms with Crippen LogP contribution in [0.4, 0.5) is 0 Å². The highest BCUT2D eigenvalue weighted by molar-refractivity contribution is 5.32. The summed E-state index contributed by atoms with van der Waals surface area (Å²) in [5.74, 6) is 2.58. The number of hydrogen-bond donors (Lipinski definition) is 2. The molecule has 0 saturated carbocycles. The molecular formula is C51H84O13. The first kappa shape index (κ1) is 58.7. The molecule has 0 aromatic heterocycles. The van der Waals surface area contributed by atoms with Crippen molar-refractivity contribution in [1.29, 1.82) is 0 Å². The molecule has 366 valence electrons. The molecule has 0 unspecified atom stereocenters. The first-order chi connectivity index (χ1) is 30.6. The molecule has 0 aliphatic heterocycles. The van der Waals surface area contributed by atoms with E-state index in [-0.39, 0.29) is 29.5 Å². The van der Waals surface area contributed by atoms with Gasteiger partial charge in [-0.1, -0.05) is 98.7 Å². The zero-order valence-corrected chi connectivity index (χ0v) is 41.0. The lowest BCUT2D eigenvalue weighted by Crippen LogP contribution is -2.13. The SMILES string of the molecule is CC(C)(C)c1ccc(OCCOCCO)cc1.CC(C)(C)c1ccc(OCCOCCOCCOCCO)cc1.COCCOCCOCCOCCOc1ccc(C(C)(C)C)cc1. The topological polar surface area (TPSA) is 142 Å². The monoisotopic (exact) mass is 905 g/mol. The Labute approximate surface area is 385 Å². The van der Waals surface area contributed by atoms with E-state index in [4.69, 9.17) is 62.3 Å². The second-order valence-electron chi connectivity index (χ2n) is 17.6. The van der Waals surface area contributed by atoms with Crippen LogP contribution in [0.5, 0.6) is 17.2 Å². The third-order valence-electron chi connectivity index (χ3n) is 9.04. The van der Waals surface area contributed by atoms with Gasteiger partial charge in [-0.05, 0) is 69.3 Å². The highest BCUT2D eigenvalue weighted by Gasteiger charge is 2.15. The minimum absolute atomic E-state index is 0.0437. The summed E-state index contributed by atoms with van der Waals surface area (Å²) in [6.07, 6.45) is 0. The van der Waals surface area contributed by atoms with Crippen LogP contribution in [0, 0.1) is 0 Å². The third kappa shape index (κ3) is 31.5. The Hall–Kier alpha value is -3.34. The minimum atomic E-state index is 0.0437. The number of rotatable bonds is 31. The molecule has 3 rings (SSSR count). The van der Waals surface area contributed by atoms with Gasteiger partial charge in [-0.3, -0.25) is 0 Å². The van der Waals surface area contributed by atoms with Gasteiger partial charge in [0.15, 0.2) is 0 Å². The van der Waals surface area contributed by atoms with Crippen molar-refractivity contribution in [2.45, 2.75) is 78.6 Å². The van der Waals surface area contributed by atoms with Crippen molar-refractivity contribution in [2.75, 3.05) is 139 Å². The van der Waals surface area contributed by atoms with E-state index in [1.54, 1.807) is 7.11 Å². The molecule has 0 bridgehead atoms. The lowest BCUT2D eigenvalue weighted by atomic mass is 9.87. The van der Waals surface area contributed by atoms with E-state index in [0.29, 0.717) is 119 Å². The van der Waals surface area contributed by atoms with Gasteiger partial charge in [-0.2, -0.15) is 0 Å². The van der Waals surface area contributed by atoms with E-state index in [1.807, 2.05) is 36.4 Å². The summed E-state index contributed by atoms with van der Waals surface area (Å²) in [6, 6.07) is 24.6. The van der Waals surface area contributed by atoms with Gasteiger partial charge in [0, 0.05) is 7.11 Å². The fourth-order valence-electron chi connectivity index (χ4n) is 5.27. The highest BCUT2D eigenvalue weighted by Crippen LogP contribution is 2.26. The first-order valence-corrected chi connectivity index (χ1v) is 22.6. The molecule has 0 heterocycles. The molecule has 3 aromatic rings. The Balaban J connectivity index is 0.000000487. The van der Waals surface area contributed by atoms with E-state index < -0.39 is 0 Å². The lowest BCUT2D eigenvalue weighted by molar-refractivity contribution is 0.000163. The Morgan fingerprint density at radius 3 is 0.703 bits per heavy atom. The van der Waals surface area contributed by atoms with Crippen molar-refractivity contribution < 1.29 is 62.3 Å². The summed E-state index contributed by atoms with van der Waals surface area (Å²) in [5.41, 5.74) is 4.38. The molecule has 0 atom stereocenters. The second-order valence-corrected chi connectivity index (χ2v) is 17.6. The van der Waals surface area contributed by atoms with Crippen molar-refractivity contribution in [3.05, 3.63) is 89.5 Å². The van der Waals surface area contributed by atoms with Crippen LogP contribution in [0.2, 0.25) is 0 Å². The number of aliphatic hydroxyl groups is 2. The molecule has 0 amide bonds. The van der Waals surface area contributed by atoms with Crippen LogP contribution in [0.25, 0.3) is 0 Å². The zero-order valence-electron chi connectivity index (χ0n) is 41.0. The Kier molecular flexibility index (Phi) is 32.9. The normalized spacial score (nSPS) is 11.6. The summed E-state index contributed by atoms with van der Waals surface area (Å²) in [6.45, 7) is 29.3. The molecule has 0 spiro atoms. The average Bonchev–Trinajstić information content (AvgIpc) is 3.26. The molecule has 0 saturated heterocycles. The summed E-state index contributed by atoms with van der Waals surface area (Å²) >= 11 is 0. The highest BCUT2D eigenvalue weighted by atomic mass is 16.6. The van der Waals surface area contributed by atoms with Crippen LogP contribution >= 0.6 is 0 Å². The smallest absolute Gasteiger partial charge is 0.119 e. The van der Waals surface area contributed by atoms with E-state index in [9.17, 15) is 0 Å². The fourth-order valence-corrected chi connectivity index (χ4v) is 5.27.